The quantitative estimate of drug-likeness (QED) is 0.568. The molecule has 0 radical (unpaired) electrons. The van der Waals surface area contributed by atoms with Gasteiger partial charge in [0, 0.05) is 14.1 Å². The van der Waals surface area contributed by atoms with Gasteiger partial charge in [-0.1, -0.05) is 12.2 Å². The zero-order chi connectivity index (χ0) is 8.72. The molecule has 0 aliphatic heterocycles. The van der Waals surface area contributed by atoms with E-state index in [1.165, 1.54) is 0 Å². The van der Waals surface area contributed by atoms with Gasteiger partial charge in [-0.2, -0.15) is 5.10 Å². The monoisotopic (exact) mass is 180 g/mol. The molecule has 2 aromatic heterocycles. The van der Waals surface area contributed by atoms with E-state index in [1.54, 1.807) is 21.8 Å². The number of hydrogen-bond acceptors (Lipinski definition) is 3. The van der Waals surface area contributed by atoms with E-state index < -0.39 is 0 Å². The fourth-order valence-corrected chi connectivity index (χ4v) is 1.31. The van der Waals surface area contributed by atoms with Gasteiger partial charge in [-0.3, -0.25) is 4.68 Å². The highest BCUT2D eigenvalue weighted by Crippen LogP contribution is 2.09. The molecule has 2 rings (SSSR count). The molecular formula is C7H8N4S. The summed E-state index contributed by atoms with van der Waals surface area (Å²) in [6.45, 7) is 0. The molecule has 5 heteroatoms. The van der Waals surface area contributed by atoms with Crippen LogP contribution in [0.1, 0.15) is 0 Å². The number of aromatic nitrogens is 4. The van der Waals surface area contributed by atoms with Crippen molar-refractivity contribution in [1.29, 1.82) is 0 Å². The standard InChI is InChI=1S/C7H8N4S/c1-10-4-8-6-5(7(10)12)3-9-11(6)2/h3-4H,1-2H3. The fourth-order valence-electron chi connectivity index (χ4n) is 1.12. The van der Waals surface area contributed by atoms with Crippen LogP contribution in [-0.4, -0.2) is 19.3 Å². The van der Waals surface area contributed by atoms with Crippen LogP contribution in [0.3, 0.4) is 0 Å². The largest absolute Gasteiger partial charge is 0.326 e. The SMILES string of the molecule is Cn1cnc2c(cnn2C)c1=S. The van der Waals surface area contributed by atoms with Gasteiger partial charge >= 0.3 is 0 Å². The maximum Gasteiger partial charge on any atom is 0.162 e. The highest BCUT2D eigenvalue weighted by Gasteiger charge is 2.01. The first-order valence-electron chi connectivity index (χ1n) is 3.53. The zero-order valence-corrected chi connectivity index (χ0v) is 7.67. The Bertz CT molecular complexity index is 482. The van der Waals surface area contributed by atoms with Gasteiger partial charge in [0.2, 0.25) is 0 Å². The van der Waals surface area contributed by atoms with Crippen molar-refractivity contribution in [3.05, 3.63) is 17.2 Å². The Morgan fingerprint density at radius 2 is 2.17 bits per heavy atom. The lowest BCUT2D eigenvalue weighted by molar-refractivity contribution is 0.778. The molecule has 0 aliphatic rings. The highest BCUT2D eigenvalue weighted by atomic mass is 32.1. The molecule has 0 aromatic carbocycles. The van der Waals surface area contributed by atoms with Gasteiger partial charge in [-0.05, 0) is 0 Å². The Hall–Kier alpha value is -1.23. The van der Waals surface area contributed by atoms with Crippen LogP contribution >= 0.6 is 12.2 Å². The minimum absolute atomic E-state index is 0.771. The van der Waals surface area contributed by atoms with E-state index in [2.05, 4.69) is 10.1 Å². The van der Waals surface area contributed by atoms with Gasteiger partial charge in [0.15, 0.2) is 5.65 Å². The molecule has 0 aliphatic carbocycles. The van der Waals surface area contributed by atoms with Gasteiger partial charge in [-0.25, -0.2) is 4.98 Å². The first-order valence-corrected chi connectivity index (χ1v) is 3.94. The molecular weight excluding hydrogens is 172 g/mol. The summed E-state index contributed by atoms with van der Waals surface area (Å²) in [7, 11) is 3.73. The number of hydrogen-bond donors (Lipinski definition) is 0. The lowest BCUT2D eigenvalue weighted by Crippen LogP contribution is -1.96. The normalized spacial score (nSPS) is 10.8. The van der Waals surface area contributed by atoms with Gasteiger partial charge < -0.3 is 4.57 Å². The predicted octanol–water partition coefficient (Wildman–Crippen LogP) is 1.04. The van der Waals surface area contributed by atoms with Crippen LogP contribution in [0.25, 0.3) is 11.0 Å². The van der Waals surface area contributed by atoms with Crippen LogP contribution in [0.4, 0.5) is 0 Å². The van der Waals surface area contributed by atoms with Gasteiger partial charge in [0.05, 0.1) is 17.9 Å². The minimum atomic E-state index is 0.771. The van der Waals surface area contributed by atoms with E-state index >= 15 is 0 Å². The smallest absolute Gasteiger partial charge is 0.162 e. The molecule has 62 valence electrons. The maximum absolute atomic E-state index is 5.18. The second kappa shape index (κ2) is 2.38. The lowest BCUT2D eigenvalue weighted by Gasteiger charge is -1.97. The van der Waals surface area contributed by atoms with Crippen molar-refractivity contribution in [2.75, 3.05) is 0 Å². The van der Waals surface area contributed by atoms with Gasteiger partial charge in [-0.15, -0.1) is 0 Å². The van der Waals surface area contributed by atoms with Crippen LogP contribution < -0.4 is 0 Å². The van der Waals surface area contributed by atoms with E-state index in [4.69, 9.17) is 12.2 Å². The van der Waals surface area contributed by atoms with E-state index in [0.717, 1.165) is 15.7 Å². The predicted molar refractivity (Wildman–Crippen MR) is 48.3 cm³/mol. The molecule has 0 saturated carbocycles. The third kappa shape index (κ3) is 0.863. The van der Waals surface area contributed by atoms with Crippen molar-refractivity contribution in [1.82, 2.24) is 19.3 Å². The molecule has 0 saturated heterocycles. The number of rotatable bonds is 0. The molecule has 0 bridgehead atoms. The Labute approximate surface area is 74.5 Å². The molecule has 2 heterocycles. The number of nitrogens with zero attached hydrogens (tertiary/aromatic N) is 4. The van der Waals surface area contributed by atoms with E-state index in [9.17, 15) is 0 Å². The summed E-state index contributed by atoms with van der Waals surface area (Å²) in [5.74, 6) is 0. The third-order valence-corrected chi connectivity index (χ3v) is 2.32. The second-order valence-electron chi connectivity index (χ2n) is 2.67. The van der Waals surface area contributed by atoms with E-state index in [0.29, 0.717) is 0 Å². The number of aryl methyl sites for hydroxylation is 2. The molecule has 0 spiro atoms. The first-order chi connectivity index (χ1) is 5.70. The van der Waals surface area contributed by atoms with Crippen LogP contribution in [-0.2, 0) is 14.1 Å². The Kier molecular flexibility index (Phi) is 1.47. The summed E-state index contributed by atoms with van der Waals surface area (Å²) in [5.41, 5.74) is 0.832. The second-order valence-corrected chi connectivity index (χ2v) is 3.05. The Balaban J connectivity index is 3.03. The molecule has 0 amide bonds. The molecule has 2 aromatic rings. The summed E-state index contributed by atoms with van der Waals surface area (Å²) in [5, 5.41) is 5.00. The van der Waals surface area contributed by atoms with Crippen LogP contribution in [0.5, 0.6) is 0 Å². The number of fused-ring (bicyclic) bond motifs is 1. The summed E-state index contributed by atoms with van der Waals surface area (Å²) < 4.78 is 4.29. The fraction of sp³-hybridized carbons (Fsp3) is 0.286. The van der Waals surface area contributed by atoms with Gasteiger partial charge in [0.1, 0.15) is 4.64 Å². The third-order valence-electron chi connectivity index (χ3n) is 1.81. The average molecular weight is 180 g/mol. The first kappa shape index (κ1) is 7.42. The molecule has 0 unspecified atom stereocenters. The van der Waals surface area contributed by atoms with Crippen molar-refractivity contribution < 1.29 is 0 Å². The lowest BCUT2D eigenvalue weighted by atomic mass is 10.4. The van der Waals surface area contributed by atoms with Crippen LogP contribution in [0, 0.1) is 4.64 Å². The zero-order valence-electron chi connectivity index (χ0n) is 6.85. The highest BCUT2D eigenvalue weighted by molar-refractivity contribution is 7.71. The molecule has 0 fully saturated rings. The topological polar surface area (TPSA) is 35.6 Å². The van der Waals surface area contributed by atoms with Gasteiger partial charge in [0.25, 0.3) is 0 Å². The summed E-state index contributed by atoms with van der Waals surface area (Å²) in [4.78, 5) is 4.20. The van der Waals surface area contributed by atoms with Crippen LogP contribution in [0.2, 0.25) is 0 Å². The molecule has 4 nitrogen and oxygen atoms in total. The van der Waals surface area contributed by atoms with E-state index in [-0.39, 0.29) is 0 Å². The van der Waals surface area contributed by atoms with Crippen LogP contribution in [0.15, 0.2) is 12.5 Å². The Morgan fingerprint density at radius 3 is 2.92 bits per heavy atom. The molecule has 0 atom stereocenters. The van der Waals surface area contributed by atoms with Crippen molar-refractivity contribution in [2.45, 2.75) is 0 Å². The van der Waals surface area contributed by atoms with Crippen molar-refractivity contribution in [3.63, 3.8) is 0 Å². The van der Waals surface area contributed by atoms with E-state index in [1.807, 2.05) is 14.1 Å². The molecule has 0 N–H and O–H groups in total. The van der Waals surface area contributed by atoms with Crippen molar-refractivity contribution >= 4 is 23.3 Å². The summed E-state index contributed by atoms with van der Waals surface area (Å²) in [6, 6.07) is 0. The average Bonchev–Trinajstić information content (AvgIpc) is 2.41. The van der Waals surface area contributed by atoms with Crippen molar-refractivity contribution in [3.8, 4) is 0 Å². The summed E-state index contributed by atoms with van der Waals surface area (Å²) in [6.07, 6.45) is 3.44. The van der Waals surface area contributed by atoms with Crippen molar-refractivity contribution in [2.24, 2.45) is 14.1 Å². The Morgan fingerprint density at radius 1 is 1.42 bits per heavy atom. The summed E-state index contributed by atoms with van der Waals surface area (Å²) >= 11 is 5.18. The maximum atomic E-state index is 5.18. The molecule has 12 heavy (non-hydrogen) atoms. The minimum Gasteiger partial charge on any atom is -0.326 e.